The Labute approximate surface area is 128 Å². The van der Waals surface area contributed by atoms with Crippen LogP contribution in [-0.4, -0.2) is 25.7 Å². The minimum absolute atomic E-state index is 0.0389. The van der Waals surface area contributed by atoms with Gasteiger partial charge in [-0.2, -0.15) is 0 Å². The summed E-state index contributed by atoms with van der Waals surface area (Å²) in [7, 11) is 0. The lowest BCUT2D eigenvalue weighted by molar-refractivity contribution is 0.0631. The van der Waals surface area contributed by atoms with E-state index in [0.29, 0.717) is 0 Å². The lowest BCUT2D eigenvalue weighted by atomic mass is 9.95. The predicted octanol–water partition coefficient (Wildman–Crippen LogP) is 3.23. The molecule has 1 fully saturated rings. The van der Waals surface area contributed by atoms with E-state index in [1.807, 2.05) is 24.3 Å². The second-order valence-corrected chi connectivity index (χ2v) is 6.10. The molecule has 0 aliphatic carbocycles. The van der Waals surface area contributed by atoms with Gasteiger partial charge in [0.25, 0.3) is 5.91 Å². The van der Waals surface area contributed by atoms with Crippen molar-refractivity contribution in [3.8, 4) is 0 Å². The molecule has 1 aromatic rings. The van der Waals surface area contributed by atoms with Crippen LogP contribution in [0.15, 0.2) is 24.3 Å². The molecule has 0 radical (unpaired) electrons. The smallest absolute Gasteiger partial charge is 0.252 e. The summed E-state index contributed by atoms with van der Waals surface area (Å²) in [5.41, 5.74) is 0.772. The van der Waals surface area contributed by atoms with Crippen molar-refractivity contribution in [2.45, 2.75) is 25.7 Å². The van der Waals surface area contributed by atoms with Crippen molar-refractivity contribution >= 4 is 28.5 Å². The van der Waals surface area contributed by atoms with Gasteiger partial charge in [0.1, 0.15) is 0 Å². The molecule has 1 amide bonds. The van der Waals surface area contributed by atoms with Crippen LogP contribution in [-0.2, 0) is 4.74 Å². The van der Waals surface area contributed by atoms with Gasteiger partial charge in [0, 0.05) is 23.3 Å². The third kappa shape index (κ3) is 4.76. The number of carbonyl (C=O) groups excluding carboxylic acids is 1. The number of hydrogen-bond donors (Lipinski definition) is 1. The van der Waals surface area contributed by atoms with E-state index in [2.05, 4.69) is 27.9 Å². The van der Waals surface area contributed by atoms with E-state index >= 15 is 0 Å². The topological polar surface area (TPSA) is 38.3 Å². The zero-order chi connectivity index (χ0) is 13.5. The molecule has 1 saturated heterocycles. The number of hydrogen-bond acceptors (Lipinski definition) is 2. The molecular formula is C15H20INO2. The molecule has 0 aromatic heterocycles. The quantitative estimate of drug-likeness (QED) is 0.636. The maximum atomic E-state index is 12.0. The van der Waals surface area contributed by atoms with Crippen molar-refractivity contribution in [3.63, 3.8) is 0 Å². The average molecular weight is 373 g/mol. The van der Waals surface area contributed by atoms with Crippen LogP contribution in [0.25, 0.3) is 0 Å². The molecule has 1 heterocycles. The first-order valence-electron chi connectivity index (χ1n) is 6.88. The molecule has 0 unspecified atom stereocenters. The van der Waals surface area contributed by atoms with Crippen molar-refractivity contribution in [2.75, 3.05) is 19.8 Å². The van der Waals surface area contributed by atoms with Crippen molar-refractivity contribution in [2.24, 2.45) is 5.92 Å². The monoisotopic (exact) mass is 373 g/mol. The molecule has 1 aliphatic heterocycles. The summed E-state index contributed by atoms with van der Waals surface area (Å²) in [6.07, 6.45) is 4.59. The van der Waals surface area contributed by atoms with Gasteiger partial charge in [0.05, 0.1) is 5.56 Å². The van der Waals surface area contributed by atoms with Crippen LogP contribution < -0.4 is 5.32 Å². The summed E-state index contributed by atoms with van der Waals surface area (Å²) >= 11 is 2.20. The number of nitrogens with one attached hydrogen (secondary N) is 1. The van der Waals surface area contributed by atoms with Gasteiger partial charge in [0.15, 0.2) is 0 Å². The third-order valence-electron chi connectivity index (χ3n) is 3.53. The zero-order valence-electron chi connectivity index (χ0n) is 11.0. The van der Waals surface area contributed by atoms with Crippen molar-refractivity contribution in [1.82, 2.24) is 5.32 Å². The lowest BCUT2D eigenvalue weighted by Gasteiger charge is -2.21. The zero-order valence-corrected chi connectivity index (χ0v) is 13.2. The minimum atomic E-state index is 0.0389. The van der Waals surface area contributed by atoms with Crippen LogP contribution in [0, 0.1) is 9.49 Å². The second-order valence-electron chi connectivity index (χ2n) is 4.93. The van der Waals surface area contributed by atoms with Gasteiger partial charge in [-0.3, -0.25) is 4.79 Å². The fourth-order valence-electron chi connectivity index (χ4n) is 2.37. The number of ether oxygens (including phenoxy) is 1. The van der Waals surface area contributed by atoms with Gasteiger partial charge in [0.2, 0.25) is 0 Å². The highest BCUT2D eigenvalue weighted by atomic mass is 127. The lowest BCUT2D eigenvalue weighted by Crippen LogP contribution is -2.26. The van der Waals surface area contributed by atoms with Gasteiger partial charge in [-0.05, 0) is 66.3 Å². The van der Waals surface area contributed by atoms with Crippen molar-refractivity contribution in [3.05, 3.63) is 33.4 Å². The van der Waals surface area contributed by atoms with E-state index in [1.54, 1.807) is 0 Å². The highest BCUT2D eigenvalue weighted by Crippen LogP contribution is 2.19. The highest BCUT2D eigenvalue weighted by molar-refractivity contribution is 14.1. The Kier molecular flexibility index (Phi) is 6.10. The van der Waals surface area contributed by atoms with E-state index in [4.69, 9.17) is 4.74 Å². The maximum Gasteiger partial charge on any atom is 0.252 e. The Morgan fingerprint density at radius 2 is 2.05 bits per heavy atom. The van der Waals surface area contributed by atoms with Gasteiger partial charge >= 0.3 is 0 Å². The molecule has 0 spiro atoms. The highest BCUT2D eigenvalue weighted by Gasteiger charge is 2.13. The standard InChI is InChI=1S/C15H20INO2/c16-14-6-2-1-5-13(14)15(18)17-9-3-4-12-7-10-19-11-8-12/h1-2,5-6,12H,3-4,7-11H2,(H,17,18). The summed E-state index contributed by atoms with van der Waals surface area (Å²) in [6.45, 7) is 2.57. The summed E-state index contributed by atoms with van der Waals surface area (Å²) in [5, 5.41) is 3.00. The minimum Gasteiger partial charge on any atom is -0.381 e. The number of amides is 1. The first kappa shape index (κ1) is 14.8. The number of rotatable bonds is 5. The molecule has 19 heavy (non-hydrogen) atoms. The number of halogens is 1. The molecule has 0 bridgehead atoms. The Morgan fingerprint density at radius 1 is 1.32 bits per heavy atom. The Balaban J connectivity index is 1.68. The third-order valence-corrected chi connectivity index (χ3v) is 4.47. The molecule has 1 aromatic carbocycles. The fourth-order valence-corrected chi connectivity index (χ4v) is 3.00. The molecule has 3 nitrogen and oxygen atoms in total. The molecule has 1 N–H and O–H groups in total. The van der Waals surface area contributed by atoms with Crippen molar-refractivity contribution < 1.29 is 9.53 Å². The van der Waals surface area contributed by atoms with E-state index in [-0.39, 0.29) is 5.91 Å². The predicted molar refractivity (Wildman–Crippen MR) is 84.3 cm³/mol. The summed E-state index contributed by atoms with van der Waals surface area (Å²) in [5.74, 6) is 0.819. The van der Waals surface area contributed by atoms with Crippen LogP contribution in [0.1, 0.15) is 36.0 Å². The Bertz CT molecular complexity index is 416. The van der Waals surface area contributed by atoms with Gasteiger partial charge in [-0.15, -0.1) is 0 Å². The van der Waals surface area contributed by atoms with Crippen LogP contribution in [0.2, 0.25) is 0 Å². The van der Waals surface area contributed by atoms with Gasteiger partial charge in [-0.25, -0.2) is 0 Å². The van der Waals surface area contributed by atoms with E-state index < -0.39 is 0 Å². The van der Waals surface area contributed by atoms with E-state index in [1.165, 1.54) is 19.3 Å². The number of benzene rings is 1. The summed E-state index contributed by atoms with van der Waals surface area (Å²) in [6, 6.07) is 7.68. The van der Waals surface area contributed by atoms with E-state index in [9.17, 15) is 4.79 Å². The second kappa shape index (κ2) is 7.85. The first-order valence-corrected chi connectivity index (χ1v) is 7.95. The van der Waals surface area contributed by atoms with Gasteiger partial charge in [-0.1, -0.05) is 12.1 Å². The number of carbonyl (C=O) groups is 1. The largest absolute Gasteiger partial charge is 0.381 e. The van der Waals surface area contributed by atoms with Crippen LogP contribution in [0.4, 0.5) is 0 Å². The molecule has 0 saturated carbocycles. The van der Waals surface area contributed by atoms with Crippen LogP contribution >= 0.6 is 22.6 Å². The molecule has 1 aliphatic rings. The first-order chi connectivity index (χ1) is 9.27. The Morgan fingerprint density at radius 3 is 2.79 bits per heavy atom. The van der Waals surface area contributed by atoms with E-state index in [0.717, 1.165) is 41.2 Å². The normalized spacial score (nSPS) is 16.3. The summed E-state index contributed by atoms with van der Waals surface area (Å²) in [4.78, 5) is 12.0. The molecule has 0 atom stereocenters. The molecular weight excluding hydrogens is 353 g/mol. The summed E-state index contributed by atoms with van der Waals surface area (Å²) < 4.78 is 6.35. The van der Waals surface area contributed by atoms with Gasteiger partial charge < -0.3 is 10.1 Å². The maximum absolute atomic E-state index is 12.0. The Hall–Kier alpha value is -0.620. The average Bonchev–Trinajstić information content (AvgIpc) is 2.45. The molecule has 2 rings (SSSR count). The SMILES string of the molecule is O=C(NCCCC1CCOCC1)c1ccccc1I. The van der Waals surface area contributed by atoms with Crippen LogP contribution in [0.3, 0.4) is 0 Å². The molecule has 104 valence electrons. The fraction of sp³-hybridized carbons (Fsp3) is 0.533. The van der Waals surface area contributed by atoms with Crippen LogP contribution in [0.5, 0.6) is 0 Å². The van der Waals surface area contributed by atoms with Crippen molar-refractivity contribution in [1.29, 1.82) is 0 Å². The molecule has 4 heteroatoms.